The Kier molecular flexibility index (Phi) is 4.83. The highest BCUT2D eigenvalue weighted by Crippen LogP contribution is 2.34. The van der Waals surface area contributed by atoms with Crippen LogP contribution in [0.25, 0.3) is 0 Å². The average Bonchev–Trinajstić information content (AvgIpc) is 2.84. The van der Waals surface area contributed by atoms with Gasteiger partial charge in [-0.3, -0.25) is 0 Å². The maximum atomic E-state index is 10.3. The first-order valence-corrected chi connectivity index (χ1v) is 7.86. The third kappa shape index (κ3) is 3.65. The van der Waals surface area contributed by atoms with Gasteiger partial charge in [-0.15, -0.1) is 0 Å². The zero-order chi connectivity index (χ0) is 16.2. The van der Waals surface area contributed by atoms with Crippen molar-refractivity contribution in [1.29, 1.82) is 0 Å². The van der Waals surface area contributed by atoms with E-state index in [0.29, 0.717) is 26.4 Å². The minimum Gasteiger partial charge on any atom is -0.474 e. The van der Waals surface area contributed by atoms with Gasteiger partial charge in [0.05, 0.1) is 31.6 Å². The van der Waals surface area contributed by atoms with E-state index in [1.807, 2.05) is 44.3 Å². The van der Waals surface area contributed by atoms with Gasteiger partial charge < -0.3 is 19.5 Å². The Labute approximate surface area is 136 Å². The summed E-state index contributed by atoms with van der Waals surface area (Å²) in [5.74, 6) is 0.770. The van der Waals surface area contributed by atoms with E-state index in [1.54, 1.807) is 4.68 Å². The molecule has 0 radical (unpaired) electrons. The van der Waals surface area contributed by atoms with Crippen LogP contribution in [0.1, 0.15) is 11.3 Å². The zero-order valence-electron chi connectivity index (χ0n) is 13.6. The molecule has 1 N–H and O–H groups in total. The second-order valence-corrected chi connectivity index (χ2v) is 5.81. The molecule has 0 bridgehead atoms. The summed E-state index contributed by atoms with van der Waals surface area (Å²) in [6.45, 7) is 4.63. The summed E-state index contributed by atoms with van der Waals surface area (Å²) in [5, 5.41) is 14.7. The first kappa shape index (κ1) is 15.8. The number of aromatic nitrogens is 2. The van der Waals surface area contributed by atoms with Gasteiger partial charge in [-0.1, -0.05) is 30.3 Å². The molecule has 2 aromatic rings. The van der Waals surface area contributed by atoms with Crippen LogP contribution in [0.2, 0.25) is 0 Å². The second kappa shape index (κ2) is 7.02. The summed E-state index contributed by atoms with van der Waals surface area (Å²) in [5.41, 5.74) is 3.00. The van der Waals surface area contributed by atoms with Gasteiger partial charge in [-0.05, 0) is 12.5 Å². The lowest BCUT2D eigenvalue weighted by Gasteiger charge is -2.31. The van der Waals surface area contributed by atoms with Gasteiger partial charge in [0.15, 0.2) is 0 Å². The van der Waals surface area contributed by atoms with Crippen LogP contribution in [0, 0.1) is 6.92 Å². The number of aryl methyl sites for hydroxylation is 2. The number of ether oxygens (including phenoxy) is 2. The molecular formula is C17H23N3O3. The fraction of sp³-hybridized carbons (Fsp3) is 0.471. The van der Waals surface area contributed by atoms with E-state index in [2.05, 4.69) is 10.00 Å². The number of aliphatic hydroxyl groups is 1. The summed E-state index contributed by atoms with van der Waals surface area (Å²) in [6.07, 6.45) is -0.552. The maximum Gasteiger partial charge on any atom is 0.236 e. The van der Waals surface area contributed by atoms with Gasteiger partial charge >= 0.3 is 0 Å². The Balaban J connectivity index is 1.54. The predicted octanol–water partition coefficient (Wildman–Crippen LogP) is 1.51. The SMILES string of the molecule is Cc1nn(C)c2c1N(C[C@@H](O)COCc1ccccc1)CCO2. The Hall–Kier alpha value is -2.05. The van der Waals surface area contributed by atoms with E-state index >= 15 is 0 Å². The highest BCUT2D eigenvalue weighted by atomic mass is 16.5. The highest BCUT2D eigenvalue weighted by Gasteiger charge is 2.26. The number of β-amino-alcohol motifs (C(OH)–C–C–N with tert-alkyl or cyclic N) is 1. The normalized spacial score (nSPS) is 15.2. The zero-order valence-corrected chi connectivity index (χ0v) is 13.6. The molecule has 1 aliphatic rings. The molecule has 0 fully saturated rings. The topological polar surface area (TPSA) is 59.8 Å². The Morgan fingerprint density at radius 1 is 1.35 bits per heavy atom. The number of anilines is 1. The van der Waals surface area contributed by atoms with Crippen molar-refractivity contribution in [2.45, 2.75) is 19.6 Å². The fourth-order valence-corrected chi connectivity index (χ4v) is 2.89. The third-order valence-electron chi connectivity index (χ3n) is 3.91. The van der Waals surface area contributed by atoms with Gasteiger partial charge in [-0.25, -0.2) is 4.68 Å². The molecule has 1 atom stereocenters. The summed E-state index contributed by atoms with van der Waals surface area (Å²) in [6, 6.07) is 9.97. The molecule has 3 rings (SSSR count). The molecule has 0 amide bonds. The number of hydrogen-bond donors (Lipinski definition) is 1. The summed E-state index contributed by atoms with van der Waals surface area (Å²) in [4.78, 5) is 2.12. The van der Waals surface area contributed by atoms with Gasteiger partial charge in [0.25, 0.3) is 0 Å². The van der Waals surface area contributed by atoms with E-state index in [-0.39, 0.29) is 0 Å². The van der Waals surface area contributed by atoms with Crippen LogP contribution in [0.15, 0.2) is 30.3 Å². The smallest absolute Gasteiger partial charge is 0.236 e. The summed E-state index contributed by atoms with van der Waals surface area (Å²) in [7, 11) is 1.87. The van der Waals surface area contributed by atoms with Crippen molar-refractivity contribution in [2.24, 2.45) is 7.05 Å². The minimum atomic E-state index is -0.552. The summed E-state index contributed by atoms with van der Waals surface area (Å²) < 4.78 is 13.0. The predicted molar refractivity (Wildman–Crippen MR) is 87.8 cm³/mol. The lowest BCUT2D eigenvalue weighted by Crippen LogP contribution is -2.40. The van der Waals surface area contributed by atoms with Crippen molar-refractivity contribution in [3.63, 3.8) is 0 Å². The minimum absolute atomic E-state index is 0.306. The van der Waals surface area contributed by atoms with E-state index in [0.717, 1.165) is 29.4 Å². The Bertz CT molecular complexity index is 642. The van der Waals surface area contributed by atoms with Crippen LogP contribution in [0.3, 0.4) is 0 Å². The molecule has 6 heteroatoms. The number of aliphatic hydroxyl groups excluding tert-OH is 1. The molecule has 0 spiro atoms. The molecule has 0 saturated carbocycles. The second-order valence-electron chi connectivity index (χ2n) is 5.81. The highest BCUT2D eigenvalue weighted by molar-refractivity contribution is 5.60. The standard InChI is InChI=1S/C17H23N3O3/c1-13-16-17(19(2)18-13)23-9-8-20(16)10-15(21)12-22-11-14-6-4-3-5-7-14/h3-7,15,21H,8-12H2,1-2H3/t15-/m1/s1. The molecule has 1 aromatic heterocycles. The molecule has 1 aromatic carbocycles. The average molecular weight is 317 g/mol. The van der Waals surface area contributed by atoms with E-state index < -0.39 is 6.10 Å². The largest absolute Gasteiger partial charge is 0.474 e. The van der Waals surface area contributed by atoms with E-state index in [4.69, 9.17) is 9.47 Å². The van der Waals surface area contributed by atoms with Gasteiger partial charge in [0.1, 0.15) is 12.3 Å². The first-order chi connectivity index (χ1) is 11.1. The maximum absolute atomic E-state index is 10.3. The van der Waals surface area contributed by atoms with Gasteiger partial charge in [-0.2, -0.15) is 5.10 Å². The van der Waals surface area contributed by atoms with Crippen LogP contribution in [0.4, 0.5) is 5.69 Å². The first-order valence-electron chi connectivity index (χ1n) is 7.86. The quantitative estimate of drug-likeness (QED) is 0.875. The molecule has 6 nitrogen and oxygen atoms in total. The van der Waals surface area contributed by atoms with Crippen LogP contribution >= 0.6 is 0 Å². The van der Waals surface area contributed by atoms with Crippen LogP contribution in [-0.2, 0) is 18.4 Å². The third-order valence-corrected chi connectivity index (χ3v) is 3.91. The number of hydrogen-bond acceptors (Lipinski definition) is 5. The van der Waals surface area contributed by atoms with Crippen molar-refractivity contribution in [3.8, 4) is 5.88 Å². The van der Waals surface area contributed by atoms with Crippen LogP contribution in [-0.4, -0.2) is 47.3 Å². The van der Waals surface area contributed by atoms with Crippen molar-refractivity contribution >= 4 is 5.69 Å². The number of benzene rings is 1. The number of nitrogens with zero attached hydrogens (tertiary/aromatic N) is 3. The Morgan fingerprint density at radius 2 is 2.13 bits per heavy atom. The number of rotatable bonds is 6. The summed E-state index contributed by atoms with van der Waals surface area (Å²) >= 11 is 0. The molecule has 23 heavy (non-hydrogen) atoms. The molecule has 0 aliphatic carbocycles. The molecule has 124 valence electrons. The van der Waals surface area contributed by atoms with Crippen molar-refractivity contribution in [3.05, 3.63) is 41.6 Å². The lowest BCUT2D eigenvalue weighted by molar-refractivity contribution is 0.0313. The van der Waals surface area contributed by atoms with E-state index in [1.165, 1.54) is 0 Å². The molecule has 0 unspecified atom stereocenters. The molecular weight excluding hydrogens is 294 g/mol. The monoisotopic (exact) mass is 317 g/mol. The lowest BCUT2D eigenvalue weighted by atomic mass is 10.2. The van der Waals surface area contributed by atoms with Crippen LogP contribution in [0.5, 0.6) is 5.88 Å². The van der Waals surface area contributed by atoms with Crippen molar-refractivity contribution in [1.82, 2.24) is 9.78 Å². The molecule has 1 aliphatic heterocycles. The van der Waals surface area contributed by atoms with Gasteiger partial charge in [0, 0.05) is 13.6 Å². The van der Waals surface area contributed by atoms with Crippen molar-refractivity contribution in [2.75, 3.05) is 31.2 Å². The van der Waals surface area contributed by atoms with Crippen molar-refractivity contribution < 1.29 is 14.6 Å². The Morgan fingerprint density at radius 3 is 2.91 bits per heavy atom. The number of fused-ring (bicyclic) bond motifs is 1. The molecule has 2 heterocycles. The molecule has 0 saturated heterocycles. The van der Waals surface area contributed by atoms with E-state index in [9.17, 15) is 5.11 Å². The van der Waals surface area contributed by atoms with Gasteiger partial charge in [0.2, 0.25) is 5.88 Å². The fourth-order valence-electron chi connectivity index (χ4n) is 2.89. The van der Waals surface area contributed by atoms with Crippen LogP contribution < -0.4 is 9.64 Å².